The summed E-state index contributed by atoms with van der Waals surface area (Å²) in [7, 11) is 0. The van der Waals surface area contributed by atoms with Gasteiger partial charge >= 0.3 is 11.9 Å². The van der Waals surface area contributed by atoms with Gasteiger partial charge in [0.15, 0.2) is 5.79 Å². The Bertz CT molecular complexity index is 336. The molecule has 7 nitrogen and oxygen atoms in total. The molecule has 0 saturated carbocycles. The lowest BCUT2D eigenvalue weighted by atomic mass is 9.95. The van der Waals surface area contributed by atoms with Crippen LogP contribution in [0.3, 0.4) is 0 Å². The zero-order valence-electron chi connectivity index (χ0n) is 10.8. The van der Waals surface area contributed by atoms with E-state index in [-0.39, 0.29) is 12.5 Å². The lowest BCUT2D eigenvalue weighted by Gasteiger charge is -2.32. The highest BCUT2D eigenvalue weighted by molar-refractivity contribution is 5.97. The van der Waals surface area contributed by atoms with Crippen LogP contribution in [0.4, 0.5) is 0 Å². The molecule has 108 valence electrons. The molecule has 0 radical (unpaired) electrons. The fraction of sp³-hybridized carbons (Fsp3) is 0.667. The van der Waals surface area contributed by atoms with Gasteiger partial charge < -0.3 is 19.7 Å². The molecule has 0 aromatic rings. The zero-order chi connectivity index (χ0) is 14.5. The number of carbonyl (C=O) groups is 2. The third kappa shape index (κ3) is 4.02. The van der Waals surface area contributed by atoms with Crippen molar-refractivity contribution >= 4 is 11.9 Å². The summed E-state index contributed by atoms with van der Waals surface area (Å²) in [6, 6.07) is -1.64. The second-order valence-electron chi connectivity index (χ2n) is 4.45. The Morgan fingerprint density at radius 1 is 1.37 bits per heavy atom. The maximum absolute atomic E-state index is 10.8. The van der Waals surface area contributed by atoms with E-state index in [1.807, 2.05) is 0 Å². The highest BCUT2D eigenvalue weighted by Crippen LogP contribution is 2.30. The molecule has 0 amide bonds. The van der Waals surface area contributed by atoms with Gasteiger partial charge in [-0.05, 0) is 13.3 Å². The van der Waals surface area contributed by atoms with Gasteiger partial charge in [0.2, 0.25) is 6.04 Å². The van der Waals surface area contributed by atoms with E-state index in [4.69, 9.17) is 19.7 Å². The number of carboxylic acid groups (broad SMARTS) is 2. The number of rotatable bonds is 8. The Labute approximate surface area is 111 Å². The second-order valence-corrected chi connectivity index (χ2v) is 4.45. The zero-order valence-corrected chi connectivity index (χ0v) is 10.8. The maximum Gasteiger partial charge on any atom is 0.332 e. The first-order valence-corrected chi connectivity index (χ1v) is 5.98. The van der Waals surface area contributed by atoms with Gasteiger partial charge in [-0.1, -0.05) is 6.08 Å². The lowest BCUT2D eigenvalue weighted by Crippen LogP contribution is -2.49. The van der Waals surface area contributed by atoms with Gasteiger partial charge in [-0.3, -0.25) is 5.32 Å². The Morgan fingerprint density at radius 2 is 1.89 bits per heavy atom. The summed E-state index contributed by atoms with van der Waals surface area (Å²) in [5.41, 5.74) is 0. The van der Waals surface area contributed by atoms with E-state index < -0.39 is 23.8 Å². The van der Waals surface area contributed by atoms with Gasteiger partial charge in [-0.2, -0.15) is 0 Å². The van der Waals surface area contributed by atoms with Crippen molar-refractivity contribution in [3.05, 3.63) is 12.7 Å². The average molecular weight is 273 g/mol. The normalized spacial score (nSPS) is 19.3. The Hall–Kier alpha value is -1.44. The minimum atomic E-state index is -1.64. The molecule has 7 heteroatoms. The van der Waals surface area contributed by atoms with Crippen molar-refractivity contribution in [1.82, 2.24) is 5.32 Å². The van der Waals surface area contributed by atoms with E-state index in [1.165, 1.54) is 0 Å². The maximum atomic E-state index is 10.8. The number of ether oxygens (including phenoxy) is 2. The van der Waals surface area contributed by atoms with Crippen LogP contribution in [-0.4, -0.2) is 53.7 Å². The fourth-order valence-electron chi connectivity index (χ4n) is 1.99. The Kier molecular flexibility index (Phi) is 5.46. The summed E-state index contributed by atoms with van der Waals surface area (Å²) < 4.78 is 11.0. The molecule has 19 heavy (non-hydrogen) atoms. The molecule has 0 aliphatic carbocycles. The summed E-state index contributed by atoms with van der Waals surface area (Å²) in [6.07, 6.45) is 2.19. The number of carboxylic acids is 2. The van der Waals surface area contributed by atoms with Gasteiger partial charge in [0.25, 0.3) is 0 Å². The monoisotopic (exact) mass is 273 g/mol. The molecule has 1 rings (SSSR count). The van der Waals surface area contributed by atoms with Crippen LogP contribution in [0.15, 0.2) is 12.7 Å². The van der Waals surface area contributed by atoms with Gasteiger partial charge in [-0.15, -0.1) is 6.58 Å². The first kappa shape index (κ1) is 15.6. The molecule has 1 fully saturated rings. The minimum absolute atomic E-state index is 0.145. The largest absolute Gasteiger partial charge is 0.480 e. The second kappa shape index (κ2) is 6.65. The Morgan fingerprint density at radius 3 is 2.32 bits per heavy atom. The molecule has 0 aromatic carbocycles. The van der Waals surface area contributed by atoms with Crippen LogP contribution in [0.1, 0.15) is 13.3 Å². The molecule has 1 aliphatic rings. The summed E-state index contributed by atoms with van der Waals surface area (Å²) in [5.74, 6) is -3.91. The van der Waals surface area contributed by atoms with Crippen LogP contribution in [-0.2, 0) is 19.1 Å². The van der Waals surface area contributed by atoms with Crippen molar-refractivity contribution in [2.24, 2.45) is 5.92 Å². The van der Waals surface area contributed by atoms with Gasteiger partial charge in [0.1, 0.15) is 0 Å². The van der Waals surface area contributed by atoms with Crippen molar-refractivity contribution in [1.29, 1.82) is 0 Å². The summed E-state index contributed by atoms with van der Waals surface area (Å²) in [4.78, 5) is 21.6. The third-order valence-electron chi connectivity index (χ3n) is 3.12. The molecule has 0 bridgehead atoms. The number of hydrogen-bond donors (Lipinski definition) is 3. The van der Waals surface area contributed by atoms with Crippen LogP contribution in [0.5, 0.6) is 0 Å². The molecule has 0 spiro atoms. The predicted molar refractivity (Wildman–Crippen MR) is 65.7 cm³/mol. The van der Waals surface area contributed by atoms with Crippen LogP contribution < -0.4 is 5.32 Å². The molecule has 1 aliphatic heterocycles. The highest BCUT2D eigenvalue weighted by atomic mass is 16.7. The molecule has 1 unspecified atom stereocenters. The standard InChI is InChI=1S/C12H19NO6/c1-3-4-8(12(2)18-5-6-19-12)7-13-9(10(14)15)11(16)17/h3,8-9,13H,1,4-7H2,2H3,(H,14,15)(H,16,17). The van der Waals surface area contributed by atoms with Crippen LogP contribution >= 0.6 is 0 Å². The van der Waals surface area contributed by atoms with Crippen molar-refractivity contribution in [2.75, 3.05) is 19.8 Å². The first-order valence-electron chi connectivity index (χ1n) is 5.98. The minimum Gasteiger partial charge on any atom is -0.480 e. The van der Waals surface area contributed by atoms with E-state index >= 15 is 0 Å². The summed E-state index contributed by atoms with van der Waals surface area (Å²) in [5, 5.41) is 20.1. The predicted octanol–water partition coefficient (Wildman–Crippen LogP) is 0.0691. The number of aliphatic carboxylic acids is 2. The molecule has 1 atom stereocenters. The van der Waals surface area contributed by atoms with Crippen molar-refractivity contribution in [2.45, 2.75) is 25.2 Å². The van der Waals surface area contributed by atoms with E-state index in [0.717, 1.165) is 0 Å². The molecular formula is C12H19NO6. The average Bonchev–Trinajstić information content (AvgIpc) is 2.75. The van der Waals surface area contributed by atoms with E-state index in [2.05, 4.69) is 11.9 Å². The SMILES string of the molecule is C=CCC(CNC(C(=O)O)C(=O)O)C1(C)OCCO1. The molecule has 3 N–H and O–H groups in total. The van der Waals surface area contributed by atoms with Crippen molar-refractivity contribution in [3.63, 3.8) is 0 Å². The van der Waals surface area contributed by atoms with E-state index in [1.54, 1.807) is 13.0 Å². The van der Waals surface area contributed by atoms with Crippen molar-refractivity contribution < 1.29 is 29.3 Å². The van der Waals surface area contributed by atoms with Crippen LogP contribution in [0, 0.1) is 5.92 Å². The molecule has 1 heterocycles. The Balaban J connectivity index is 2.65. The summed E-state index contributed by atoms with van der Waals surface area (Å²) in [6.45, 7) is 6.46. The highest BCUT2D eigenvalue weighted by Gasteiger charge is 2.40. The first-order chi connectivity index (χ1) is 8.90. The molecule has 1 saturated heterocycles. The topological polar surface area (TPSA) is 105 Å². The number of hydrogen-bond acceptors (Lipinski definition) is 5. The lowest BCUT2D eigenvalue weighted by molar-refractivity contribution is -0.180. The number of allylic oxidation sites excluding steroid dienone is 1. The van der Waals surface area contributed by atoms with E-state index in [9.17, 15) is 9.59 Å². The van der Waals surface area contributed by atoms with Crippen LogP contribution in [0.25, 0.3) is 0 Å². The molecule has 0 aromatic heterocycles. The number of nitrogens with one attached hydrogen (secondary N) is 1. The van der Waals surface area contributed by atoms with Gasteiger partial charge in [-0.25, -0.2) is 9.59 Å². The van der Waals surface area contributed by atoms with Gasteiger partial charge in [0, 0.05) is 12.5 Å². The van der Waals surface area contributed by atoms with Crippen molar-refractivity contribution in [3.8, 4) is 0 Å². The summed E-state index contributed by atoms with van der Waals surface area (Å²) >= 11 is 0. The smallest absolute Gasteiger partial charge is 0.332 e. The van der Waals surface area contributed by atoms with Crippen LogP contribution in [0.2, 0.25) is 0 Å². The van der Waals surface area contributed by atoms with Gasteiger partial charge in [0.05, 0.1) is 13.2 Å². The third-order valence-corrected chi connectivity index (χ3v) is 3.12. The quantitative estimate of drug-likeness (QED) is 0.424. The fourth-order valence-corrected chi connectivity index (χ4v) is 1.99. The molecular weight excluding hydrogens is 254 g/mol. The van der Waals surface area contributed by atoms with E-state index in [0.29, 0.717) is 19.6 Å².